The molecule has 1 N–H and O–H groups in total. The van der Waals surface area contributed by atoms with Crippen LogP contribution in [-0.2, 0) is 21.7 Å². The fourth-order valence-electron chi connectivity index (χ4n) is 5.71. The van der Waals surface area contributed by atoms with Crippen molar-refractivity contribution in [2.75, 3.05) is 26.7 Å². The number of esters is 1. The molecule has 1 heterocycles. The summed E-state index contributed by atoms with van der Waals surface area (Å²) in [7, 11) is 2.33. The van der Waals surface area contributed by atoms with Crippen LogP contribution in [0, 0.1) is 24.7 Å². The van der Waals surface area contributed by atoms with E-state index >= 15 is 0 Å². The first-order valence-corrected chi connectivity index (χ1v) is 11.8. The van der Waals surface area contributed by atoms with E-state index in [1.165, 1.54) is 5.56 Å². The topological polar surface area (TPSA) is 46.5 Å². The zero-order valence-corrected chi connectivity index (χ0v) is 21.9. The molecule has 1 saturated carbocycles. The van der Waals surface area contributed by atoms with Crippen LogP contribution in [-0.4, -0.2) is 42.3 Å². The van der Waals surface area contributed by atoms with Crippen LogP contribution in [0.15, 0.2) is 84.9 Å². The number of aryl methyl sites for hydroxylation is 1. The molecule has 3 unspecified atom stereocenters. The first kappa shape index (κ1) is 24.9. The number of halogens is 1. The Labute approximate surface area is 219 Å². The molecule has 0 bridgehead atoms. The molecule has 5 rings (SSSR count). The predicted octanol–water partition coefficient (Wildman–Crippen LogP) is 1.30. The minimum atomic E-state index is -1.81. The number of piperidine rings is 1. The zero-order chi connectivity index (χ0) is 23.1. The van der Waals surface area contributed by atoms with E-state index in [1.54, 1.807) is 12.1 Å². The zero-order valence-electron chi connectivity index (χ0n) is 19.7. The van der Waals surface area contributed by atoms with Gasteiger partial charge in [0.1, 0.15) is 6.54 Å². The van der Waals surface area contributed by atoms with E-state index in [4.69, 9.17) is 4.74 Å². The maximum Gasteiger partial charge on any atom is 0.347 e. The van der Waals surface area contributed by atoms with Gasteiger partial charge in [0.05, 0.1) is 26.7 Å². The molecule has 0 radical (unpaired) electrons. The number of quaternary nitrogens is 1. The molecule has 4 nitrogen and oxygen atoms in total. The predicted molar refractivity (Wildman–Crippen MR) is 128 cm³/mol. The third kappa shape index (κ3) is 4.79. The van der Waals surface area contributed by atoms with Gasteiger partial charge >= 0.3 is 5.97 Å². The number of nitrogens with zero attached hydrogens (tertiary/aromatic N) is 1. The van der Waals surface area contributed by atoms with Crippen molar-refractivity contribution in [2.24, 2.45) is 17.8 Å². The Kier molecular flexibility index (Phi) is 7.17. The molecule has 1 aliphatic heterocycles. The third-order valence-electron chi connectivity index (χ3n) is 7.58. The van der Waals surface area contributed by atoms with Gasteiger partial charge in [0, 0.05) is 23.3 Å². The number of carbonyl (C=O) groups excluding carboxylic acids is 1. The van der Waals surface area contributed by atoms with Crippen molar-refractivity contribution in [2.45, 2.75) is 19.1 Å². The molecule has 2 fully saturated rings. The Morgan fingerprint density at radius 1 is 0.912 bits per heavy atom. The summed E-state index contributed by atoms with van der Waals surface area (Å²) in [5.41, 5.74) is 1.70. The summed E-state index contributed by atoms with van der Waals surface area (Å²) in [6.07, 6.45) is 0. The van der Waals surface area contributed by atoms with Crippen LogP contribution in [0.25, 0.3) is 0 Å². The van der Waals surface area contributed by atoms with Gasteiger partial charge < -0.3 is 38.3 Å². The van der Waals surface area contributed by atoms with E-state index in [0.717, 1.165) is 29.7 Å². The van der Waals surface area contributed by atoms with Crippen molar-refractivity contribution >= 4 is 5.97 Å². The number of likely N-dealkylation sites (tertiary alicyclic amines) is 1. The maximum absolute atomic E-state index is 13.3. The van der Waals surface area contributed by atoms with Crippen molar-refractivity contribution in [1.29, 1.82) is 0 Å². The molecular formula is C29H32INO3. The molecule has 1 aliphatic carbocycles. The molecular weight excluding hydrogens is 537 g/mol. The number of hydrogen-bond donors (Lipinski definition) is 1. The molecule has 5 heteroatoms. The van der Waals surface area contributed by atoms with Gasteiger partial charge in [-0.2, -0.15) is 0 Å². The summed E-state index contributed by atoms with van der Waals surface area (Å²) in [5.74, 6) is 0.990. The molecule has 2 aliphatic rings. The number of ether oxygens (including phenoxy) is 1. The summed E-state index contributed by atoms with van der Waals surface area (Å²) in [4.78, 5) is 13.3. The lowest BCUT2D eigenvalue weighted by Gasteiger charge is -2.32. The number of carbonyl (C=O) groups is 1. The molecule has 0 spiro atoms. The van der Waals surface area contributed by atoms with E-state index in [-0.39, 0.29) is 24.0 Å². The number of rotatable bonds is 7. The largest absolute Gasteiger partial charge is 1.00 e. The molecule has 3 aromatic rings. The third-order valence-corrected chi connectivity index (χ3v) is 7.58. The van der Waals surface area contributed by atoms with Crippen molar-refractivity contribution < 1.29 is 43.1 Å². The first-order chi connectivity index (χ1) is 15.9. The Balaban J connectivity index is 0.00000274. The van der Waals surface area contributed by atoms with Crippen LogP contribution in [0.3, 0.4) is 0 Å². The van der Waals surface area contributed by atoms with Crippen molar-refractivity contribution in [3.63, 3.8) is 0 Å². The summed E-state index contributed by atoms with van der Waals surface area (Å²) < 4.78 is 6.84. The van der Waals surface area contributed by atoms with E-state index in [1.807, 2.05) is 49.4 Å². The fourth-order valence-corrected chi connectivity index (χ4v) is 5.71. The monoisotopic (exact) mass is 569 g/mol. The first-order valence-electron chi connectivity index (χ1n) is 11.8. The standard InChI is InChI=1S/C29H32NO3.HI/c1-21-13-15-24(16-14-21)29(32,23-11-7-4-8-12-23)28(31)33-20-27-25-18-30(2,19-26(25)27)17-22-9-5-3-6-10-22;/h3-16,25-27,32H,17-20H2,1-2H3;1H/q+1;/p-1. The Morgan fingerprint density at radius 3 is 2.03 bits per heavy atom. The second-order valence-corrected chi connectivity index (χ2v) is 10.2. The van der Waals surface area contributed by atoms with Crippen LogP contribution in [0.1, 0.15) is 22.3 Å². The van der Waals surface area contributed by atoms with Crippen molar-refractivity contribution in [1.82, 2.24) is 0 Å². The van der Waals surface area contributed by atoms with Crippen LogP contribution in [0.5, 0.6) is 0 Å². The molecule has 34 heavy (non-hydrogen) atoms. The highest BCUT2D eigenvalue weighted by Gasteiger charge is 2.62. The Bertz CT molecular complexity index is 1110. The number of fused-ring (bicyclic) bond motifs is 1. The summed E-state index contributed by atoms with van der Waals surface area (Å²) in [6.45, 7) is 5.63. The second kappa shape index (κ2) is 9.80. The summed E-state index contributed by atoms with van der Waals surface area (Å²) >= 11 is 0. The van der Waals surface area contributed by atoms with Crippen LogP contribution >= 0.6 is 0 Å². The quantitative estimate of drug-likeness (QED) is 0.265. The molecule has 3 aromatic carbocycles. The second-order valence-electron chi connectivity index (χ2n) is 10.2. The van der Waals surface area contributed by atoms with Gasteiger partial charge in [0.2, 0.25) is 5.60 Å². The van der Waals surface area contributed by atoms with Gasteiger partial charge in [-0.25, -0.2) is 4.79 Å². The number of hydrogen-bond acceptors (Lipinski definition) is 3. The molecule has 178 valence electrons. The Hall–Kier alpha value is -2.22. The normalized spacial score (nSPS) is 26.6. The number of aliphatic hydroxyl groups is 1. The van der Waals surface area contributed by atoms with Crippen molar-refractivity contribution in [3.8, 4) is 0 Å². The van der Waals surface area contributed by atoms with E-state index in [0.29, 0.717) is 35.5 Å². The Morgan fingerprint density at radius 2 is 1.44 bits per heavy atom. The van der Waals surface area contributed by atoms with E-state index in [2.05, 4.69) is 37.4 Å². The molecule has 3 atom stereocenters. The molecule has 1 saturated heterocycles. The SMILES string of the molecule is Cc1ccc(C(O)(C(=O)OCC2C3C[N+](C)(Cc4ccccc4)CC23)c2ccccc2)cc1.[I-]. The summed E-state index contributed by atoms with van der Waals surface area (Å²) in [5, 5.41) is 11.6. The number of benzene rings is 3. The van der Waals surface area contributed by atoms with Gasteiger partial charge in [0.15, 0.2) is 0 Å². The maximum atomic E-state index is 13.3. The lowest BCUT2D eigenvalue weighted by atomic mass is 9.86. The molecule has 0 aromatic heterocycles. The van der Waals surface area contributed by atoms with Gasteiger partial charge in [-0.05, 0) is 18.1 Å². The smallest absolute Gasteiger partial charge is 0.347 e. The van der Waals surface area contributed by atoms with E-state index in [9.17, 15) is 9.90 Å². The highest BCUT2D eigenvalue weighted by Crippen LogP contribution is 2.54. The lowest BCUT2D eigenvalue weighted by Crippen LogP contribution is -3.00. The average molecular weight is 569 g/mol. The summed E-state index contributed by atoms with van der Waals surface area (Å²) in [6, 6.07) is 27.2. The lowest BCUT2D eigenvalue weighted by molar-refractivity contribution is -0.916. The fraction of sp³-hybridized carbons (Fsp3) is 0.345. The van der Waals surface area contributed by atoms with Gasteiger partial charge in [-0.1, -0.05) is 90.5 Å². The highest BCUT2D eigenvalue weighted by atomic mass is 127. The van der Waals surface area contributed by atoms with Crippen molar-refractivity contribution in [3.05, 3.63) is 107 Å². The minimum absolute atomic E-state index is 0. The van der Waals surface area contributed by atoms with Crippen LogP contribution < -0.4 is 24.0 Å². The average Bonchev–Trinajstić information content (AvgIpc) is 3.32. The molecule has 0 amide bonds. The van der Waals surface area contributed by atoms with Gasteiger partial charge in [0.25, 0.3) is 0 Å². The van der Waals surface area contributed by atoms with Gasteiger partial charge in [-0.3, -0.25) is 0 Å². The van der Waals surface area contributed by atoms with Crippen LogP contribution in [0.4, 0.5) is 0 Å². The van der Waals surface area contributed by atoms with Crippen LogP contribution in [0.2, 0.25) is 0 Å². The van der Waals surface area contributed by atoms with E-state index < -0.39 is 11.6 Å². The highest BCUT2D eigenvalue weighted by molar-refractivity contribution is 5.85. The van der Waals surface area contributed by atoms with Gasteiger partial charge in [-0.15, -0.1) is 0 Å². The minimum Gasteiger partial charge on any atom is -1.00 e.